The first-order valence-electron chi connectivity index (χ1n) is 8.97. The van der Waals surface area contributed by atoms with Crippen LogP contribution >= 0.6 is 11.3 Å². The Balaban J connectivity index is 1.56. The number of thiophene rings is 1. The topological polar surface area (TPSA) is 56.8 Å². The standard InChI is InChI=1S/C20H25NO4S/c1-3-16-7-9-19(26-16)20(22)21-12-14-6-8-17(18(11-14)23-2)25-13-15-5-4-10-24-15/h6-9,11,15H,3-5,10,12-13H2,1-2H3,(H,21,22). The molecule has 1 saturated heterocycles. The molecule has 0 radical (unpaired) electrons. The average Bonchev–Trinajstić information content (AvgIpc) is 3.36. The highest BCUT2D eigenvalue weighted by Gasteiger charge is 2.17. The molecule has 1 amide bonds. The summed E-state index contributed by atoms with van der Waals surface area (Å²) in [5, 5.41) is 2.96. The monoisotopic (exact) mass is 375 g/mol. The van der Waals surface area contributed by atoms with E-state index in [1.54, 1.807) is 7.11 Å². The largest absolute Gasteiger partial charge is 0.493 e. The summed E-state index contributed by atoms with van der Waals surface area (Å²) in [5.41, 5.74) is 0.965. The Morgan fingerprint density at radius 1 is 1.31 bits per heavy atom. The van der Waals surface area contributed by atoms with Crippen LogP contribution < -0.4 is 14.8 Å². The van der Waals surface area contributed by atoms with Gasteiger partial charge in [-0.05, 0) is 49.1 Å². The highest BCUT2D eigenvalue weighted by molar-refractivity contribution is 7.14. The third-order valence-corrected chi connectivity index (χ3v) is 5.59. The minimum absolute atomic E-state index is 0.0487. The number of aryl methyl sites for hydroxylation is 1. The minimum atomic E-state index is -0.0487. The van der Waals surface area contributed by atoms with Crippen molar-refractivity contribution in [3.8, 4) is 11.5 Å². The van der Waals surface area contributed by atoms with Crippen molar-refractivity contribution in [3.05, 3.63) is 45.6 Å². The van der Waals surface area contributed by atoms with Crippen LogP contribution in [0.1, 0.15) is 39.9 Å². The Hall–Kier alpha value is -2.05. The van der Waals surface area contributed by atoms with Gasteiger partial charge in [0.1, 0.15) is 6.61 Å². The van der Waals surface area contributed by atoms with E-state index in [1.165, 1.54) is 16.2 Å². The molecule has 1 aliphatic rings. The average molecular weight is 375 g/mol. The van der Waals surface area contributed by atoms with E-state index in [1.807, 2.05) is 30.3 Å². The molecule has 1 N–H and O–H groups in total. The smallest absolute Gasteiger partial charge is 0.261 e. The van der Waals surface area contributed by atoms with Gasteiger partial charge in [0.05, 0.1) is 18.1 Å². The third kappa shape index (κ3) is 4.77. The molecule has 1 unspecified atom stereocenters. The summed E-state index contributed by atoms with van der Waals surface area (Å²) in [5.74, 6) is 1.32. The number of rotatable bonds is 8. The first-order valence-corrected chi connectivity index (χ1v) is 9.79. The van der Waals surface area contributed by atoms with E-state index in [4.69, 9.17) is 14.2 Å². The Morgan fingerprint density at radius 3 is 2.88 bits per heavy atom. The van der Waals surface area contributed by atoms with Gasteiger partial charge in [-0.15, -0.1) is 11.3 Å². The van der Waals surface area contributed by atoms with Crippen LogP contribution in [0.4, 0.5) is 0 Å². The number of methoxy groups -OCH3 is 1. The van der Waals surface area contributed by atoms with Gasteiger partial charge in [-0.3, -0.25) is 4.79 Å². The summed E-state index contributed by atoms with van der Waals surface area (Å²) in [6.07, 6.45) is 3.24. The van der Waals surface area contributed by atoms with Gasteiger partial charge < -0.3 is 19.5 Å². The number of amides is 1. The highest BCUT2D eigenvalue weighted by Crippen LogP contribution is 2.29. The lowest BCUT2D eigenvalue weighted by molar-refractivity contribution is 0.0669. The Bertz CT molecular complexity index is 737. The van der Waals surface area contributed by atoms with E-state index in [0.717, 1.165) is 36.3 Å². The molecule has 3 rings (SSSR count). The van der Waals surface area contributed by atoms with Crippen molar-refractivity contribution in [1.82, 2.24) is 5.32 Å². The Labute approximate surface area is 158 Å². The predicted molar refractivity (Wildman–Crippen MR) is 102 cm³/mol. The lowest BCUT2D eigenvalue weighted by Gasteiger charge is -2.15. The first-order chi connectivity index (χ1) is 12.7. The van der Waals surface area contributed by atoms with E-state index in [2.05, 4.69) is 12.2 Å². The van der Waals surface area contributed by atoms with Gasteiger partial charge in [0.2, 0.25) is 0 Å². The van der Waals surface area contributed by atoms with Crippen molar-refractivity contribution in [3.63, 3.8) is 0 Å². The van der Waals surface area contributed by atoms with Gasteiger partial charge in [-0.25, -0.2) is 0 Å². The second kappa shape index (κ2) is 9.05. The molecule has 1 aromatic carbocycles. The van der Waals surface area contributed by atoms with Crippen molar-refractivity contribution < 1.29 is 19.0 Å². The van der Waals surface area contributed by atoms with Crippen molar-refractivity contribution in [2.75, 3.05) is 20.3 Å². The van der Waals surface area contributed by atoms with Crippen LogP contribution in [0.15, 0.2) is 30.3 Å². The minimum Gasteiger partial charge on any atom is -0.493 e. The maximum Gasteiger partial charge on any atom is 0.261 e. The predicted octanol–water partition coefficient (Wildman–Crippen LogP) is 3.81. The highest BCUT2D eigenvalue weighted by atomic mass is 32.1. The van der Waals surface area contributed by atoms with E-state index < -0.39 is 0 Å². The summed E-state index contributed by atoms with van der Waals surface area (Å²) in [7, 11) is 1.62. The Kier molecular flexibility index (Phi) is 6.52. The molecule has 1 atom stereocenters. The molecule has 1 aromatic heterocycles. The molecule has 1 fully saturated rings. The number of hydrogen-bond acceptors (Lipinski definition) is 5. The molecule has 0 aliphatic carbocycles. The summed E-state index contributed by atoms with van der Waals surface area (Å²) in [4.78, 5) is 14.2. The zero-order valence-corrected chi connectivity index (χ0v) is 16.1. The van der Waals surface area contributed by atoms with E-state index in [-0.39, 0.29) is 12.0 Å². The van der Waals surface area contributed by atoms with Gasteiger partial charge >= 0.3 is 0 Å². The van der Waals surface area contributed by atoms with Crippen molar-refractivity contribution in [1.29, 1.82) is 0 Å². The van der Waals surface area contributed by atoms with Gasteiger partial charge in [-0.1, -0.05) is 13.0 Å². The van der Waals surface area contributed by atoms with Crippen molar-refractivity contribution in [2.45, 2.75) is 38.8 Å². The lowest BCUT2D eigenvalue weighted by atomic mass is 10.2. The molecule has 0 spiro atoms. The molecule has 26 heavy (non-hydrogen) atoms. The molecule has 1 aliphatic heterocycles. The molecule has 5 nitrogen and oxygen atoms in total. The summed E-state index contributed by atoms with van der Waals surface area (Å²) >= 11 is 1.54. The van der Waals surface area contributed by atoms with Crippen LogP contribution in [-0.4, -0.2) is 32.3 Å². The zero-order chi connectivity index (χ0) is 18.4. The molecule has 140 valence electrons. The fourth-order valence-electron chi connectivity index (χ4n) is 2.86. The normalized spacial score (nSPS) is 16.5. The maximum atomic E-state index is 12.2. The quantitative estimate of drug-likeness (QED) is 0.762. The Morgan fingerprint density at radius 2 is 2.19 bits per heavy atom. The van der Waals surface area contributed by atoms with Crippen LogP contribution in [0, 0.1) is 0 Å². The molecule has 0 saturated carbocycles. The first kappa shape index (κ1) is 18.7. The van der Waals surface area contributed by atoms with Gasteiger partial charge in [0, 0.05) is 18.0 Å². The van der Waals surface area contributed by atoms with Crippen LogP contribution in [0.3, 0.4) is 0 Å². The maximum absolute atomic E-state index is 12.2. The van der Waals surface area contributed by atoms with Crippen LogP contribution in [0.2, 0.25) is 0 Å². The van der Waals surface area contributed by atoms with Gasteiger partial charge in [-0.2, -0.15) is 0 Å². The molecule has 2 heterocycles. The fourth-order valence-corrected chi connectivity index (χ4v) is 3.72. The zero-order valence-electron chi connectivity index (χ0n) is 15.2. The van der Waals surface area contributed by atoms with E-state index in [9.17, 15) is 4.79 Å². The number of carbonyl (C=O) groups is 1. The SMILES string of the molecule is CCc1ccc(C(=O)NCc2ccc(OCC3CCCO3)c(OC)c2)s1. The summed E-state index contributed by atoms with van der Waals surface area (Å²) in [6, 6.07) is 9.61. The molecule has 0 bridgehead atoms. The number of hydrogen-bond donors (Lipinski definition) is 1. The number of nitrogens with one attached hydrogen (secondary N) is 1. The van der Waals surface area contributed by atoms with Gasteiger partial charge in [0.15, 0.2) is 11.5 Å². The summed E-state index contributed by atoms with van der Waals surface area (Å²) in [6.45, 7) is 3.88. The number of carbonyl (C=O) groups excluding carboxylic acids is 1. The second-order valence-electron chi connectivity index (χ2n) is 6.23. The number of benzene rings is 1. The van der Waals surface area contributed by atoms with Crippen molar-refractivity contribution >= 4 is 17.2 Å². The number of ether oxygens (including phenoxy) is 3. The van der Waals surface area contributed by atoms with Crippen LogP contribution in [0.5, 0.6) is 11.5 Å². The fraction of sp³-hybridized carbons (Fsp3) is 0.450. The molecule has 6 heteroatoms. The summed E-state index contributed by atoms with van der Waals surface area (Å²) < 4.78 is 16.9. The van der Waals surface area contributed by atoms with Gasteiger partial charge in [0.25, 0.3) is 5.91 Å². The molecular formula is C20H25NO4S. The molecule has 2 aromatic rings. The molecular weight excluding hydrogens is 350 g/mol. The second-order valence-corrected chi connectivity index (χ2v) is 7.40. The van der Waals surface area contributed by atoms with Crippen molar-refractivity contribution in [2.24, 2.45) is 0 Å². The lowest BCUT2D eigenvalue weighted by Crippen LogP contribution is -2.21. The van der Waals surface area contributed by atoms with E-state index in [0.29, 0.717) is 24.7 Å². The van der Waals surface area contributed by atoms with Crippen LogP contribution in [-0.2, 0) is 17.7 Å². The third-order valence-electron chi connectivity index (χ3n) is 4.36. The van der Waals surface area contributed by atoms with E-state index >= 15 is 0 Å². The van der Waals surface area contributed by atoms with Crippen LogP contribution in [0.25, 0.3) is 0 Å².